The van der Waals surface area contributed by atoms with Gasteiger partial charge in [-0.1, -0.05) is 0 Å². The smallest absolute Gasteiger partial charge is 0.152 e. The van der Waals surface area contributed by atoms with E-state index in [0.29, 0.717) is 12.2 Å². The molecule has 0 unspecified atom stereocenters. The van der Waals surface area contributed by atoms with Gasteiger partial charge < -0.3 is 4.74 Å². The molecular formula is C5H10O3S. The van der Waals surface area contributed by atoms with Crippen molar-refractivity contribution < 1.29 is 13.2 Å². The topological polar surface area (TPSA) is 43.4 Å². The zero-order valence-electron chi connectivity index (χ0n) is 5.33. The van der Waals surface area contributed by atoms with E-state index in [0.717, 1.165) is 0 Å². The van der Waals surface area contributed by atoms with Crippen molar-refractivity contribution in [1.82, 2.24) is 0 Å². The van der Waals surface area contributed by atoms with Crippen LogP contribution in [0.1, 0.15) is 6.42 Å². The number of hydrogen-bond acceptors (Lipinski definition) is 3. The van der Waals surface area contributed by atoms with Crippen LogP contribution in [0.15, 0.2) is 0 Å². The second-order valence-corrected chi connectivity index (χ2v) is 4.49. The summed E-state index contributed by atoms with van der Waals surface area (Å²) in [6, 6.07) is 0. The molecule has 3 nitrogen and oxygen atoms in total. The maximum atomic E-state index is 10.7. The predicted octanol–water partition coefficient (Wildman–Crippen LogP) is -0.180. The van der Waals surface area contributed by atoms with Crippen LogP contribution in [0.4, 0.5) is 0 Å². The summed E-state index contributed by atoms with van der Waals surface area (Å²) in [5.74, 6) is 0.509. The van der Waals surface area contributed by atoms with Crippen molar-refractivity contribution in [3.05, 3.63) is 0 Å². The van der Waals surface area contributed by atoms with Crippen LogP contribution in [0.25, 0.3) is 0 Å². The number of hydrogen-bond donors (Lipinski definition) is 0. The molecule has 1 fully saturated rings. The largest absolute Gasteiger partial charge is 0.380 e. The third kappa shape index (κ3) is 1.66. The van der Waals surface area contributed by atoms with Crippen LogP contribution in [0.5, 0.6) is 0 Å². The molecule has 9 heavy (non-hydrogen) atoms. The summed E-state index contributed by atoms with van der Waals surface area (Å²) >= 11 is 0. The standard InChI is InChI=1S/C5H10O3S/c1-8-5-2-3-9(6,7)4-5/h5H,2-4H2,1H3/t5-/m0/s1. The van der Waals surface area contributed by atoms with Gasteiger partial charge in [-0.05, 0) is 6.42 Å². The molecule has 1 saturated heterocycles. The molecule has 4 heteroatoms. The molecule has 0 aliphatic carbocycles. The molecule has 54 valence electrons. The Labute approximate surface area is 54.9 Å². The van der Waals surface area contributed by atoms with Crippen LogP contribution >= 0.6 is 0 Å². The summed E-state index contributed by atoms with van der Waals surface area (Å²) in [6.07, 6.45) is 0.619. The average molecular weight is 150 g/mol. The van der Waals surface area contributed by atoms with E-state index in [-0.39, 0.29) is 11.9 Å². The highest BCUT2D eigenvalue weighted by Gasteiger charge is 2.27. The van der Waals surface area contributed by atoms with Crippen LogP contribution < -0.4 is 0 Å². The van der Waals surface area contributed by atoms with Crippen LogP contribution in [0.2, 0.25) is 0 Å². The van der Waals surface area contributed by atoms with Gasteiger partial charge in [0, 0.05) is 7.11 Å². The number of rotatable bonds is 1. The molecule has 0 aromatic carbocycles. The van der Waals surface area contributed by atoms with Gasteiger partial charge in [-0.15, -0.1) is 0 Å². The maximum Gasteiger partial charge on any atom is 0.152 e. The normalized spacial score (nSPS) is 32.8. The third-order valence-corrected chi connectivity index (χ3v) is 3.26. The van der Waals surface area contributed by atoms with Gasteiger partial charge in [0.2, 0.25) is 0 Å². The number of sulfone groups is 1. The fourth-order valence-electron chi connectivity index (χ4n) is 0.947. The lowest BCUT2D eigenvalue weighted by Crippen LogP contribution is -2.11. The molecule has 1 atom stereocenters. The third-order valence-electron chi connectivity index (χ3n) is 1.52. The lowest BCUT2D eigenvalue weighted by atomic mass is 10.3. The van der Waals surface area contributed by atoms with Gasteiger partial charge in [0.15, 0.2) is 9.84 Å². The van der Waals surface area contributed by atoms with Gasteiger partial charge >= 0.3 is 0 Å². The maximum absolute atomic E-state index is 10.7. The van der Waals surface area contributed by atoms with Crippen molar-refractivity contribution in [1.29, 1.82) is 0 Å². The fraction of sp³-hybridized carbons (Fsp3) is 1.00. The van der Waals surface area contributed by atoms with Gasteiger partial charge in [-0.2, -0.15) is 0 Å². The Kier molecular flexibility index (Phi) is 1.77. The first-order valence-corrected chi connectivity index (χ1v) is 4.69. The van der Waals surface area contributed by atoms with E-state index in [1.165, 1.54) is 0 Å². The summed E-state index contributed by atoms with van der Waals surface area (Å²) < 4.78 is 26.3. The SMILES string of the molecule is CO[C@H]1CCS(=O)(=O)C1. The molecule has 0 saturated carbocycles. The predicted molar refractivity (Wildman–Crippen MR) is 34.1 cm³/mol. The van der Waals surface area contributed by atoms with E-state index >= 15 is 0 Å². The van der Waals surface area contributed by atoms with E-state index in [9.17, 15) is 8.42 Å². The Morgan fingerprint density at radius 3 is 2.44 bits per heavy atom. The van der Waals surface area contributed by atoms with Crippen LogP contribution in [0, 0.1) is 0 Å². The summed E-state index contributed by atoms with van der Waals surface area (Å²) in [7, 11) is -1.19. The highest BCUT2D eigenvalue weighted by atomic mass is 32.2. The van der Waals surface area contributed by atoms with Crippen LogP contribution in [-0.2, 0) is 14.6 Å². The van der Waals surface area contributed by atoms with Crippen LogP contribution in [0.3, 0.4) is 0 Å². The van der Waals surface area contributed by atoms with Gasteiger partial charge in [0.25, 0.3) is 0 Å². The minimum atomic E-state index is -2.73. The molecule has 1 rings (SSSR count). The van der Waals surface area contributed by atoms with Gasteiger partial charge in [0.1, 0.15) is 0 Å². The molecule has 0 amide bonds. The second-order valence-electron chi connectivity index (χ2n) is 2.26. The lowest BCUT2D eigenvalue weighted by Gasteiger charge is -2.00. The van der Waals surface area contributed by atoms with Crippen molar-refractivity contribution in [3.8, 4) is 0 Å². The van der Waals surface area contributed by atoms with Crippen molar-refractivity contribution >= 4 is 9.84 Å². The quantitative estimate of drug-likeness (QED) is 0.521. The summed E-state index contributed by atoms with van der Waals surface area (Å²) in [6.45, 7) is 0. The summed E-state index contributed by atoms with van der Waals surface area (Å²) in [4.78, 5) is 0. The molecular weight excluding hydrogens is 140 g/mol. The van der Waals surface area contributed by atoms with E-state index in [4.69, 9.17) is 4.74 Å². The summed E-state index contributed by atoms with van der Waals surface area (Å²) in [5, 5.41) is 0. The highest BCUT2D eigenvalue weighted by Crippen LogP contribution is 2.13. The minimum absolute atomic E-state index is 0.0463. The molecule has 1 heterocycles. The zero-order valence-corrected chi connectivity index (χ0v) is 6.15. The first kappa shape index (κ1) is 7.02. The molecule has 1 aliphatic rings. The Morgan fingerprint density at radius 2 is 2.22 bits per heavy atom. The second kappa shape index (κ2) is 2.27. The Bertz CT molecular complexity index is 182. The Morgan fingerprint density at radius 1 is 1.56 bits per heavy atom. The fourth-order valence-corrected chi connectivity index (χ4v) is 2.60. The van der Waals surface area contributed by atoms with Gasteiger partial charge in [-0.25, -0.2) is 8.42 Å². The molecule has 0 spiro atoms. The molecule has 0 aromatic rings. The van der Waals surface area contributed by atoms with Gasteiger partial charge in [-0.3, -0.25) is 0 Å². The Hall–Kier alpha value is -0.0900. The van der Waals surface area contributed by atoms with Crippen LogP contribution in [-0.4, -0.2) is 33.1 Å². The average Bonchev–Trinajstić information content (AvgIpc) is 2.10. The molecule has 0 aromatic heterocycles. The number of methoxy groups -OCH3 is 1. The molecule has 0 radical (unpaired) electrons. The highest BCUT2D eigenvalue weighted by molar-refractivity contribution is 7.91. The van der Waals surface area contributed by atoms with Crippen molar-refractivity contribution in [3.63, 3.8) is 0 Å². The molecule has 0 bridgehead atoms. The minimum Gasteiger partial charge on any atom is -0.380 e. The molecule has 0 N–H and O–H groups in total. The monoisotopic (exact) mass is 150 g/mol. The van der Waals surface area contributed by atoms with Crippen molar-refractivity contribution in [2.75, 3.05) is 18.6 Å². The number of ether oxygens (including phenoxy) is 1. The zero-order chi connectivity index (χ0) is 6.91. The summed E-state index contributed by atoms with van der Waals surface area (Å²) in [5.41, 5.74) is 0. The Balaban J connectivity index is 2.58. The first-order chi connectivity index (χ1) is 4.14. The lowest BCUT2D eigenvalue weighted by molar-refractivity contribution is 0.124. The molecule has 1 aliphatic heterocycles. The van der Waals surface area contributed by atoms with E-state index in [1.807, 2.05) is 0 Å². The van der Waals surface area contributed by atoms with Crippen molar-refractivity contribution in [2.24, 2.45) is 0 Å². The van der Waals surface area contributed by atoms with E-state index < -0.39 is 9.84 Å². The van der Waals surface area contributed by atoms with E-state index in [1.54, 1.807) is 7.11 Å². The first-order valence-electron chi connectivity index (χ1n) is 2.87. The van der Waals surface area contributed by atoms with E-state index in [2.05, 4.69) is 0 Å². The van der Waals surface area contributed by atoms with Crippen molar-refractivity contribution in [2.45, 2.75) is 12.5 Å². The van der Waals surface area contributed by atoms with Gasteiger partial charge in [0.05, 0.1) is 17.6 Å².